The zero-order valence-corrected chi connectivity index (χ0v) is 12.3. The lowest BCUT2D eigenvalue weighted by Crippen LogP contribution is -1.92. The van der Waals surface area contributed by atoms with Crippen LogP contribution in [0.4, 0.5) is 0 Å². The molecule has 0 fully saturated rings. The van der Waals surface area contributed by atoms with Crippen LogP contribution >= 0.6 is 11.8 Å². The maximum atomic E-state index is 5.26. The molecule has 3 heterocycles. The maximum absolute atomic E-state index is 5.26. The average molecular weight is 302 g/mol. The Hall–Kier alpha value is -2.22. The van der Waals surface area contributed by atoms with E-state index in [0.717, 1.165) is 29.3 Å². The Morgan fingerprint density at radius 3 is 2.90 bits per heavy atom. The van der Waals surface area contributed by atoms with Gasteiger partial charge < -0.3 is 9.09 Å². The van der Waals surface area contributed by atoms with E-state index in [1.807, 2.05) is 23.7 Å². The van der Waals surface area contributed by atoms with Crippen molar-refractivity contribution in [1.29, 1.82) is 0 Å². The van der Waals surface area contributed by atoms with Crippen molar-refractivity contribution in [2.45, 2.75) is 18.0 Å². The highest BCUT2D eigenvalue weighted by molar-refractivity contribution is 7.99. The van der Waals surface area contributed by atoms with E-state index in [-0.39, 0.29) is 0 Å². The van der Waals surface area contributed by atoms with Crippen molar-refractivity contribution in [2.75, 3.05) is 5.75 Å². The van der Waals surface area contributed by atoms with E-state index in [2.05, 4.69) is 25.3 Å². The number of aryl methyl sites for hydroxylation is 2. The third-order valence-corrected chi connectivity index (χ3v) is 3.96. The second-order valence-corrected chi connectivity index (χ2v) is 5.49. The van der Waals surface area contributed by atoms with Crippen LogP contribution in [0.5, 0.6) is 0 Å². The second-order valence-electron chi connectivity index (χ2n) is 4.42. The van der Waals surface area contributed by atoms with Crippen LogP contribution in [0.1, 0.15) is 12.3 Å². The number of hydrogen-bond donors (Lipinski definition) is 0. The summed E-state index contributed by atoms with van der Waals surface area (Å²) >= 11 is 1.67. The first-order valence-corrected chi connectivity index (χ1v) is 7.51. The van der Waals surface area contributed by atoms with E-state index in [1.165, 1.54) is 0 Å². The Kier molecular flexibility index (Phi) is 4.25. The van der Waals surface area contributed by atoms with E-state index in [9.17, 15) is 0 Å². The van der Waals surface area contributed by atoms with Gasteiger partial charge in [0.25, 0.3) is 0 Å². The molecule has 0 spiro atoms. The molecule has 0 amide bonds. The Balaban J connectivity index is 1.50. The molecule has 0 aliphatic carbocycles. The Morgan fingerprint density at radius 2 is 2.14 bits per heavy atom. The summed E-state index contributed by atoms with van der Waals surface area (Å²) in [5, 5.41) is 12.8. The Morgan fingerprint density at radius 1 is 1.29 bits per heavy atom. The summed E-state index contributed by atoms with van der Waals surface area (Å²) in [6.45, 7) is 0. The molecule has 0 aliphatic rings. The highest BCUT2D eigenvalue weighted by Crippen LogP contribution is 2.17. The molecule has 0 unspecified atom stereocenters. The first-order valence-electron chi connectivity index (χ1n) is 6.53. The van der Waals surface area contributed by atoms with Crippen molar-refractivity contribution in [3.63, 3.8) is 0 Å². The topological polar surface area (TPSA) is 82.5 Å². The summed E-state index contributed by atoms with van der Waals surface area (Å²) in [7, 11) is 1.93. The van der Waals surface area contributed by atoms with Crippen LogP contribution in [0.2, 0.25) is 0 Å². The third kappa shape index (κ3) is 3.46. The van der Waals surface area contributed by atoms with Crippen molar-refractivity contribution in [2.24, 2.45) is 7.05 Å². The summed E-state index contributed by atoms with van der Waals surface area (Å²) in [6, 6.07) is 3.72. The SMILES string of the molecule is Cn1cnnc1SCCCc1nc(-c2ccncc2)no1. The minimum atomic E-state index is 0.605. The highest BCUT2D eigenvalue weighted by Gasteiger charge is 2.08. The van der Waals surface area contributed by atoms with Crippen LogP contribution < -0.4 is 0 Å². The van der Waals surface area contributed by atoms with Gasteiger partial charge in [-0.3, -0.25) is 4.98 Å². The van der Waals surface area contributed by atoms with Gasteiger partial charge in [0.1, 0.15) is 6.33 Å². The van der Waals surface area contributed by atoms with Crippen molar-refractivity contribution in [3.05, 3.63) is 36.7 Å². The molecule has 8 heteroatoms. The lowest BCUT2D eigenvalue weighted by molar-refractivity contribution is 0.378. The highest BCUT2D eigenvalue weighted by atomic mass is 32.2. The van der Waals surface area contributed by atoms with Crippen molar-refractivity contribution in [3.8, 4) is 11.4 Å². The largest absolute Gasteiger partial charge is 0.339 e. The van der Waals surface area contributed by atoms with Crippen LogP contribution in [-0.4, -0.2) is 35.6 Å². The molecule has 3 aromatic heterocycles. The molecule has 0 bridgehead atoms. The summed E-state index contributed by atoms with van der Waals surface area (Å²) < 4.78 is 7.16. The smallest absolute Gasteiger partial charge is 0.226 e. The van der Waals surface area contributed by atoms with E-state index in [4.69, 9.17) is 4.52 Å². The zero-order valence-electron chi connectivity index (χ0n) is 11.5. The van der Waals surface area contributed by atoms with E-state index in [0.29, 0.717) is 11.7 Å². The van der Waals surface area contributed by atoms with Gasteiger partial charge in [-0.1, -0.05) is 16.9 Å². The fourth-order valence-corrected chi connectivity index (χ4v) is 2.59. The average Bonchev–Trinajstić information content (AvgIpc) is 3.14. The molecule has 7 nitrogen and oxygen atoms in total. The monoisotopic (exact) mass is 302 g/mol. The van der Waals surface area contributed by atoms with Crippen molar-refractivity contribution >= 4 is 11.8 Å². The maximum Gasteiger partial charge on any atom is 0.226 e. The van der Waals surface area contributed by atoms with Crippen LogP contribution in [0.3, 0.4) is 0 Å². The molecular formula is C13H14N6OS. The molecule has 0 atom stereocenters. The molecule has 0 aliphatic heterocycles. The van der Waals surface area contributed by atoms with Crippen LogP contribution in [0, 0.1) is 0 Å². The third-order valence-electron chi connectivity index (χ3n) is 2.84. The zero-order chi connectivity index (χ0) is 14.5. The standard InChI is InChI=1S/C13H14N6OS/c1-19-9-15-17-13(19)21-8-2-3-11-16-12(18-20-11)10-4-6-14-7-5-10/h4-7,9H,2-3,8H2,1H3. The fourth-order valence-electron chi connectivity index (χ4n) is 1.76. The number of hydrogen-bond acceptors (Lipinski definition) is 7. The number of aromatic nitrogens is 6. The lowest BCUT2D eigenvalue weighted by atomic mass is 10.2. The summed E-state index contributed by atoms with van der Waals surface area (Å²) in [5.41, 5.74) is 0.911. The molecule has 21 heavy (non-hydrogen) atoms. The molecule has 108 valence electrons. The first kappa shape index (κ1) is 13.7. The lowest BCUT2D eigenvalue weighted by Gasteiger charge is -1.98. The van der Waals surface area contributed by atoms with Gasteiger partial charge in [0.05, 0.1) is 0 Å². The van der Waals surface area contributed by atoms with Gasteiger partial charge in [-0.2, -0.15) is 4.98 Å². The summed E-state index contributed by atoms with van der Waals surface area (Å²) in [5.74, 6) is 2.19. The van der Waals surface area contributed by atoms with Gasteiger partial charge in [0, 0.05) is 37.2 Å². The predicted molar refractivity (Wildman–Crippen MR) is 77.6 cm³/mol. The summed E-state index contributed by atoms with van der Waals surface area (Å²) in [6.07, 6.45) is 6.81. The molecule has 0 saturated carbocycles. The molecule has 0 N–H and O–H groups in total. The van der Waals surface area contributed by atoms with Gasteiger partial charge >= 0.3 is 0 Å². The minimum Gasteiger partial charge on any atom is -0.339 e. The van der Waals surface area contributed by atoms with E-state index in [1.54, 1.807) is 30.5 Å². The normalized spacial score (nSPS) is 10.9. The molecule has 0 aromatic carbocycles. The summed E-state index contributed by atoms with van der Waals surface area (Å²) in [4.78, 5) is 8.35. The molecule has 3 aromatic rings. The quantitative estimate of drug-likeness (QED) is 0.508. The Labute approximate surface area is 125 Å². The molecular weight excluding hydrogens is 288 g/mol. The van der Waals surface area contributed by atoms with Crippen LogP contribution in [0.25, 0.3) is 11.4 Å². The number of nitrogens with zero attached hydrogens (tertiary/aromatic N) is 6. The first-order chi connectivity index (χ1) is 10.3. The van der Waals surface area contributed by atoms with Gasteiger partial charge in [0.2, 0.25) is 11.7 Å². The van der Waals surface area contributed by atoms with Gasteiger partial charge in [-0.25, -0.2) is 0 Å². The van der Waals surface area contributed by atoms with Gasteiger partial charge in [0.15, 0.2) is 5.16 Å². The van der Waals surface area contributed by atoms with Gasteiger partial charge in [-0.05, 0) is 18.6 Å². The fraction of sp³-hybridized carbons (Fsp3) is 0.308. The van der Waals surface area contributed by atoms with E-state index < -0.39 is 0 Å². The van der Waals surface area contributed by atoms with E-state index >= 15 is 0 Å². The second kappa shape index (κ2) is 6.49. The van der Waals surface area contributed by atoms with Crippen molar-refractivity contribution in [1.82, 2.24) is 29.9 Å². The Bertz CT molecular complexity index is 696. The molecule has 0 saturated heterocycles. The number of thioether (sulfide) groups is 1. The number of rotatable bonds is 6. The number of pyridine rings is 1. The van der Waals surface area contributed by atoms with Crippen LogP contribution in [-0.2, 0) is 13.5 Å². The van der Waals surface area contributed by atoms with Crippen LogP contribution in [0.15, 0.2) is 40.5 Å². The molecule has 3 rings (SSSR count). The van der Waals surface area contributed by atoms with Gasteiger partial charge in [-0.15, -0.1) is 10.2 Å². The predicted octanol–water partition coefficient (Wildman–Crippen LogP) is 1.98. The molecule has 0 radical (unpaired) electrons. The van der Waals surface area contributed by atoms with Crippen molar-refractivity contribution < 1.29 is 4.52 Å². The minimum absolute atomic E-state index is 0.605.